The maximum Gasteiger partial charge on any atom is 0.116 e. The Morgan fingerprint density at radius 2 is 2.22 bits per heavy atom. The van der Waals surface area contributed by atoms with Gasteiger partial charge >= 0.3 is 0 Å². The number of allylic oxidation sites excluding steroid dienone is 2. The predicted molar refractivity (Wildman–Crippen MR) is 40.7 cm³/mol. The van der Waals surface area contributed by atoms with Crippen LogP contribution in [0.5, 0.6) is 0 Å². The van der Waals surface area contributed by atoms with Crippen LogP contribution >= 0.6 is 15.9 Å². The van der Waals surface area contributed by atoms with E-state index in [0.717, 1.165) is 0 Å². The molecule has 0 aliphatic carbocycles. The van der Waals surface area contributed by atoms with Gasteiger partial charge in [0.15, 0.2) is 0 Å². The van der Waals surface area contributed by atoms with Crippen molar-refractivity contribution in [2.45, 2.75) is 13.3 Å². The zero-order valence-electron chi connectivity index (χ0n) is 5.25. The topological polar surface area (TPSA) is 26.0 Å². The fraction of sp³-hybridized carbons (Fsp3) is 0.333. The van der Waals surface area contributed by atoms with E-state index in [4.69, 9.17) is 5.73 Å². The van der Waals surface area contributed by atoms with Crippen molar-refractivity contribution in [2.75, 3.05) is 0 Å². The van der Waals surface area contributed by atoms with Crippen molar-refractivity contribution >= 4 is 15.9 Å². The van der Waals surface area contributed by atoms with Gasteiger partial charge in [-0.1, -0.05) is 13.5 Å². The van der Waals surface area contributed by atoms with Gasteiger partial charge in [-0.15, -0.1) is 0 Å². The van der Waals surface area contributed by atoms with E-state index in [-0.39, 0.29) is 16.0 Å². The first kappa shape index (κ1) is 8.69. The van der Waals surface area contributed by atoms with Gasteiger partial charge in [0.1, 0.15) is 5.83 Å². The molecule has 0 amide bonds. The monoisotopic (exact) mass is 193 g/mol. The Hall–Kier alpha value is -0.310. The molecular weight excluding hydrogens is 185 g/mol. The van der Waals surface area contributed by atoms with E-state index in [1.807, 2.05) is 0 Å². The van der Waals surface area contributed by atoms with Crippen LogP contribution in [0.25, 0.3) is 0 Å². The Bertz CT molecular complexity index is 151. The number of halogens is 2. The molecular formula is C6H9BrFN. The molecule has 0 atom stereocenters. The standard InChI is InChI=1S/C6H9BrFN/c1-3-5(8)6(7)4(2)9/h2-3,9H2,1H3/b6-5-. The highest BCUT2D eigenvalue weighted by molar-refractivity contribution is 9.12. The fourth-order valence-electron chi connectivity index (χ4n) is 0.329. The molecule has 0 saturated carbocycles. The summed E-state index contributed by atoms with van der Waals surface area (Å²) in [5.74, 6) is -0.262. The smallest absolute Gasteiger partial charge is 0.116 e. The van der Waals surface area contributed by atoms with Crippen LogP contribution in [0.1, 0.15) is 13.3 Å². The summed E-state index contributed by atoms with van der Waals surface area (Å²) in [7, 11) is 0. The zero-order chi connectivity index (χ0) is 7.44. The molecule has 1 nitrogen and oxygen atoms in total. The second-order valence-electron chi connectivity index (χ2n) is 1.60. The number of hydrogen-bond acceptors (Lipinski definition) is 1. The number of hydrogen-bond donors (Lipinski definition) is 1. The summed E-state index contributed by atoms with van der Waals surface area (Å²) >= 11 is 2.95. The summed E-state index contributed by atoms with van der Waals surface area (Å²) in [5.41, 5.74) is 5.40. The van der Waals surface area contributed by atoms with Gasteiger partial charge in [-0.2, -0.15) is 0 Å². The molecule has 0 aromatic heterocycles. The summed E-state index contributed by atoms with van der Waals surface area (Å²) in [6, 6.07) is 0. The molecule has 0 spiro atoms. The highest BCUT2D eigenvalue weighted by Gasteiger charge is 2.00. The average molecular weight is 194 g/mol. The van der Waals surface area contributed by atoms with Gasteiger partial charge in [0.05, 0.1) is 4.48 Å². The molecule has 2 N–H and O–H groups in total. The Morgan fingerprint density at radius 1 is 1.78 bits per heavy atom. The van der Waals surface area contributed by atoms with Crippen LogP contribution in [0.3, 0.4) is 0 Å². The van der Waals surface area contributed by atoms with Gasteiger partial charge in [0, 0.05) is 5.70 Å². The maximum atomic E-state index is 12.5. The number of nitrogens with two attached hydrogens (primary N) is 1. The Labute approximate surface area is 62.6 Å². The molecule has 0 aliphatic rings. The summed E-state index contributed by atoms with van der Waals surface area (Å²) in [6.45, 7) is 5.06. The Morgan fingerprint density at radius 3 is 2.33 bits per heavy atom. The van der Waals surface area contributed by atoms with Crippen molar-refractivity contribution in [3.05, 3.63) is 22.6 Å². The van der Waals surface area contributed by atoms with E-state index in [9.17, 15) is 4.39 Å². The zero-order valence-corrected chi connectivity index (χ0v) is 6.83. The molecule has 0 radical (unpaired) electrons. The molecule has 52 valence electrons. The largest absolute Gasteiger partial charge is 0.398 e. The minimum absolute atomic E-state index is 0.231. The lowest BCUT2D eigenvalue weighted by molar-refractivity contribution is 0.601. The van der Waals surface area contributed by atoms with Crippen molar-refractivity contribution in [1.29, 1.82) is 0 Å². The highest BCUT2D eigenvalue weighted by atomic mass is 79.9. The minimum atomic E-state index is -0.262. The van der Waals surface area contributed by atoms with Crippen LogP contribution in [0.15, 0.2) is 22.6 Å². The van der Waals surface area contributed by atoms with Crippen molar-refractivity contribution < 1.29 is 4.39 Å². The predicted octanol–water partition coefficient (Wildman–Crippen LogP) is 2.44. The molecule has 0 saturated heterocycles. The van der Waals surface area contributed by atoms with Crippen LogP contribution in [0, 0.1) is 0 Å². The van der Waals surface area contributed by atoms with Gasteiger partial charge in [-0.25, -0.2) is 4.39 Å². The van der Waals surface area contributed by atoms with Crippen molar-refractivity contribution in [1.82, 2.24) is 0 Å². The molecule has 0 heterocycles. The van der Waals surface area contributed by atoms with Crippen LogP contribution < -0.4 is 5.73 Å². The van der Waals surface area contributed by atoms with Crippen LogP contribution in [0.4, 0.5) is 4.39 Å². The van der Waals surface area contributed by atoms with E-state index in [1.54, 1.807) is 6.92 Å². The molecule has 0 aromatic carbocycles. The third-order valence-corrected chi connectivity index (χ3v) is 1.77. The van der Waals surface area contributed by atoms with E-state index in [2.05, 4.69) is 22.5 Å². The van der Waals surface area contributed by atoms with Crippen LogP contribution in [-0.4, -0.2) is 0 Å². The molecule has 3 heteroatoms. The summed E-state index contributed by atoms with van der Waals surface area (Å²) < 4.78 is 12.8. The summed E-state index contributed by atoms with van der Waals surface area (Å²) in [5, 5.41) is 0. The van der Waals surface area contributed by atoms with Gasteiger partial charge in [0.25, 0.3) is 0 Å². The van der Waals surface area contributed by atoms with Gasteiger partial charge in [0.2, 0.25) is 0 Å². The summed E-state index contributed by atoms with van der Waals surface area (Å²) in [4.78, 5) is 0. The first-order valence-corrected chi connectivity index (χ1v) is 3.37. The van der Waals surface area contributed by atoms with Crippen LogP contribution in [0.2, 0.25) is 0 Å². The van der Waals surface area contributed by atoms with Crippen molar-refractivity contribution in [3.8, 4) is 0 Å². The van der Waals surface area contributed by atoms with Gasteiger partial charge < -0.3 is 5.73 Å². The Balaban J connectivity index is 4.28. The lowest BCUT2D eigenvalue weighted by atomic mass is 10.3. The average Bonchev–Trinajstić information content (AvgIpc) is 1.84. The normalized spacial score (nSPS) is 12.8. The maximum absolute atomic E-state index is 12.5. The van der Waals surface area contributed by atoms with Crippen molar-refractivity contribution in [3.63, 3.8) is 0 Å². The molecule has 9 heavy (non-hydrogen) atoms. The van der Waals surface area contributed by atoms with Gasteiger partial charge in [-0.3, -0.25) is 0 Å². The molecule has 0 fully saturated rings. The van der Waals surface area contributed by atoms with E-state index in [0.29, 0.717) is 6.42 Å². The lowest BCUT2D eigenvalue weighted by Gasteiger charge is -1.96. The quantitative estimate of drug-likeness (QED) is 0.671. The van der Waals surface area contributed by atoms with Gasteiger partial charge in [-0.05, 0) is 22.4 Å². The van der Waals surface area contributed by atoms with E-state index in [1.165, 1.54) is 0 Å². The fourth-order valence-corrected chi connectivity index (χ4v) is 0.610. The molecule has 0 unspecified atom stereocenters. The first-order valence-electron chi connectivity index (χ1n) is 2.58. The molecule has 0 bridgehead atoms. The van der Waals surface area contributed by atoms with Crippen LogP contribution in [-0.2, 0) is 0 Å². The second-order valence-corrected chi connectivity index (χ2v) is 2.39. The number of rotatable bonds is 2. The molecule has 0 aliphatic heterocycles. The summed E-state index contributed by atoms with van der Waals surface area (Å²) in [6.07, 6.45) is 0.344. The highest BCUT2D eigenvalue weighted by Crippen LogP contribution is 2.19. The molecule has 0 rings (SSSR count). The van der Waals surface area contributed by atoms with E-state index < -0.39 is 0 Å². The SMILES string of the molecule is C=C(N)/C(Br)=C(/F)CC. The second kappa shape index (κ2) is 3.67. The third kappa shape index (κ3) is 2.65. The van der Waals surface area contributed by atoms with Crippen molar-refractivity contribution in [2.24, 2.45) is 5.73 Å². The minimum Gasteiger partial charge on any atom is -0.398 e. The molecule has 0 aromatic rings. The van der Waals surface area contributed by atoms with E-state index >= 15 is 0 Å². The third-order valence-electron chi connectivity index (χ3n) is 0.830. The lowest BCUT2D eigenvalue weighted by Crippen LogP contribution is -1.95. The first-order chi connectivity index (χ1) is 4.09. The Kier molecular flexibility index (Phi) is 3.54.